The molecule has 0 saturated heterocycles. The molecule has 2 aromatic carbocycles. The second-order valence-corrected chi connectivity index (χ2v) is 8.19. The van der Waals surface area contributed by atoms with E-state index in [2.05, 4.69) is 78.5 Å². The second kappa shape index (κ2) is 14.1. The number of hydrogen-bond acceptors (Lipinski definition) is 2. The third-order valence-electron chi connectivity index (χ3n) is 5.46. The Morgan fingerprint density at radius 3 is 2.55 bits per heavy atom. The maximum atomic E-state index is 9.57. The van der Waals surface area contributed by atoms with Crippen LogP contribution in [0.15, 0.2) is 102 Å². The van der Waals surface area contributed by atoms with Crippen molar-refractivity contribution in [1.82, 2.24) is 4.57 Å². The first kappa shape index (κ1) is 26.1. The zero-order valence-electron chi connectivity index (χ0n) is 20.5. The van der Waals surface area contributed by atoms with Crippen LogP contribution in [0.5, 0.6) is 0 Å². The maximum Gasteiger partial charge on any atom is 0.0716 e. The average molecular weight is 443 g/mol. The number of nitrogens with zero attached hydrogens (tertiary/aromatic N) is 2. The van der Waals surface area contributed by atoms with Crippen molar-refractivity contribution in [2.24, 2.45) is 4.99 Å². The largest absolute Gasteiger partial charge is 0.391 e. The van der Waals surface area contributed by atoms with Crippen LogP contribution in [0.1, 0.15) is 45.6 Å². The van der Waals surface area contributed by atoms with Gasteiger partial charge in [0, 0.05) is 30.4 Å². The van der Waals surface area contributed by atoms with Gasteiger partial charge in [0.15, 0.2) is 0 Å². The van der Waals surface area contributed by atoms with Gasteiger partial charge in [-0.2, -0.15) is 0 Å². The number of allylic oxidation sites excluding steroid dienone is 5. The van der Waals surface area contributed by atoms with E-state index in [-0.39, 0.29) is 6.10 Å². The maximum absolute atomic E-state index is 9.57. The molecule has 3 heteroatoms. The van der Waals surface area contributed by atoms with Crippen molar-refractivity contribution in [2.75, 3.05) is 0 Å². The van der Waals surface area contributed by atoms with Crippen molar-refractivity contribution in [3.63, 3.8) is 0 Å². The van der Waals surface area contributed by atoms with E-state index in [1.54, 1.807) is 0 Å². The number of benzene rings is 2. The number of aliphatic imine (C=N–C) groups is 1. The number of aliphatic hydroxyl groups excluding tert-OH is 1. The van der Waals surface area contributed by atoms with E-state index in [1.807, 2.05) is 50.4 Å². The Morgan fingerprint density at radius 1 is 1.12 bits per heavy atom. The summed E-state index contributed by atoms with van der Waals surface area (Å²) in [6.07, 6.45) is 12.7. The van der Waals surface area contributed by atoms with E-state index in [9.17, 15) is 5.11 Å². The van der Waals surface area contributed by atoms with Gasteiger partial charge in [0.05, 0.1) is 11.8 Å². The first-order valence-electron chi connectivity index (χ1n) is 11.7. The number of para-hydroxylation sites is 2. The van der Waals surface area contributed by atoms with E-state index < -0.39 is 0 Å². The summed E-state index contributed by atoms with van der Waals surface area (Å²) < 4.78 is 2.10. The van der Waals surface area contributed by atoms with Gasteiger partial charge in [-0.25, -0.2) is 0 Å². The van der Waals surface area contributed by atoms with Gasteiger partial charge in [-0.05, 0) is 68.3 Å². The monoisotopic (exact) mass is 442 g/mol. The molecule has 3 rings (SSSR count). The molecular weight excluding hydrogens is 404 g/mol. The number of rotatable bonds is 9. The predicted molar refractivity (Wildman–Crippen MR) is 145 cm³/mol. The highest BCUT2D eigenvalue weighted by Crippen LogP contribution is 2.19. The molecule has 1 unspecified atom stereocenters. The molecule has 3 aromatic rings. The van der Waals surface area contributed by atoms with E-state index in [1.165, 1.54) is 22.0 Å². The molecule has 1 atom stereocenters. The summed E-state index contributed by atoms with van der Waals surface area (Å²) in [5, 5.41) is 10.8. The van der Waals surface area contributed by atoms with Gasteiger partial charge < -0.3 is 9.67 Å². The summed E-state index contributed by atoms with van der Waals surface area (Å²) in [6.45, 7) is 12.7. The summed E-state index contributed by atoms with van der Waals surface area (Å²) >= 11 is 0. The SMILES string of the molecule is C=C/C(=C\CC=CC)CC(C)=Nc1ccccc1C.CCC(O)Cn1ccc2ccccc21. The Hall–Kier alpha value is -3.17. The van der Waals surface area contributed by atoms with Crippen LogP contribution in [-0.4, -0.2) is 21.5 Å². The van der Waals surface area contributed by atoms with Gasteiger partial charge in [0.1, 0.15) is 0 Å². The first-order valence-corrected chi connectivity index (χ1v) is 11.7. The highest BCUT2D eigenvalue weighted by Gasteiger charge is 2.04. The van der Waals surface area contributed by atoms with Crippen LogP contribution in [0.3, 0.4) is 0 Å². The smallest absolute Gasteiger partial charge is 0.0716 e. The summed E-state index contributed by atoms with van der Waals surface area (Å²) in [5.74, 6) is 0. The Bertz CT molecular complexity index is 1100. The summed E-state index contributed by atoms with van der Waals surface area (Å²) in [7, 11) is 0. The number of fused-ring (bicyclic) bond motifs is 1. The van der Waals surface area contributed by atoms with Crippen LogP contribution in [-0.2, 0) is 6.54 Å². The van der Waals surface area contributed by atoms with E-state index in [4.69, 9.17) is 0 Å². The van der Waals surface area contributed by atoms with Crippen LogP contribution in [0, 0.1) is 6.92 Å². The lowest BCUT2D eigenvalue weighted by molar-refractivity contribution is 0.151. The molecule has 1 aromatic heterocycles. The van der Waals surface area contributed by atoms with Crippen molar-refractivity contribution in [3.05, 3.63) is 103 Å². The molecule has 174 valence electrons. The van der Waals surface area contributed by atoms with Crippen LogP contribution in [0.4, 0.5) is 5.69 Å². The van der Waals surface area contributed by atoms with Crippen LogP contribution in [0.25, 0.3) is 10.9 Å². The van der Waals surface area contributed by atoms with Crippen molar-refractivity contribution in [2.45, 2.75) is 59.6 Å². The lowest BCUT2D eigenvalue weighted by atomic mass is 10.1. The average Bonchev–Trinajstić information content (AvgIpc) is 3.23. The standard InChI is InChI=1S/C18H23N.C12H15NO/c1-5-7-8-12-17(6-2)14-16(4)19-18-13-10-9-11-15(18)3;1-2-11(14)9-13-8-7-10-5-3-4-6-12(10)13/h5-7,9-13H,2,8,14H2,1,3-4H3;3-8,11,14H,2,9H2,1H3/b7-5?,17-12+,19-16?;. The number of aryl methyl sites for hydroxylation is 1. The first-order chi connectivity index (χ1) is 16.0. The molecule has 0 aliphatic heterocycles. The van der Waals surface area contributed by atoms with E-state index in [0.29, 0.717) is 6.54 Å². The van der Waals surface area contributed by atoms with Gasteiger partial charge in [0.25, 0.3) is 0 Å². The van der Waals surface area contributed by atoms with Crippen LogP contribution in [0.2, 0.25) is 0 Å². The lowest BCUT2D eigenvalue weighted by Crippen LogP contribution is -2.13. The van der Waals surface area contributed by atoms with Crippen molar-refractivity contribution in [3.8, 4) is 0 Å². The summed E-state index contributed by atoms with van der Waals surface area (Å²) in [4.78, 5) is 4.68. The van der Waals surface area contributed by atoms with Crippen LogP contribution < -0.4 is 0 Å². The molecule has 0 saturated carbocycles. The topological polar surface area (TPSA) is 37.5 Å². The van der Waals surface area contributed by atoms with E-state index >= 15 is 0 Å². The third-order valence-corrected chi connectivity index (χ3v) is 5.46. The lowest BCUT2D eigenvalue weighted by Gasteiger charge is -2.09. The minimum Gasteiger partial charge on any atom is -0.391 e. The molecule has 3 nitrogen and oxygen atoms in total. The molecule has 0 radical (unpaired) electrons. The third kappa shape index (κ3) is 8.70. The van der Waals surface area contributed by atoms with Crippen molar-refractivity contribution in [1.29, 1.82) is 0 Å². The fourth-order valence-electron chi connectivity index (χ4n) is 3.47. The molecule has 33 heavy (non-hydrogen) atoms. The van der Waals surface area contributed by atoms with Gasteiger partial charge in [-0.1, -0.05) is 74.2 Å². The minimum absolute atomic E-state index is 0.245. The zero-order chi connectivity index (χ0) is 24.1. The zero-order valence-corrected chi connectivity index (χ0v) is 20.5. The molecular formula is C30H38N2O. The Morgan fingerprint density at radius 2 is 1.85 bits per heavy atom. The van der Waals surface area contributed by atoms with Crippen molar-refractivity contribution < 1.29 is 5.11 Å². The number of aromatic nitrogens is 1. The second-order valence-electron chi connectivity index (χ2n) is 8.19. The highest BCUT2D eigenvalue weighted by molar-refractivity contribution is 5.87. The normalized spacial score (nSPS) is 13.1. The van der Waals surface area contributed by atoms with Gasteiger partial charge in [0.2, 0.25) is 0 Å². The molecule has 0 aliphatic rings. The predicted octanol–water partition coefficient (Wildman–Crippen LogP) is 7.97. The van der Waals surface area contributed by atoms with Gasteiger partial charge in [-0.3, -0.25) is 4.99 Å². The van der Waals surface area contributed by atoms with Crippen LogP contribution >= 0.6 is 0 Å². The molecule has 0 aliphatic carbocycles. The van der Waals surface area contributed by atoms with Gasteiger partial charge >= 0.3 is 0 Å². The molecule has 0 spiro atoms. The summed E-state index contributed by atoms with van der Waals surface area (Å²) in [5.41, 5.74) is 5.80. The fourth-order valence-corrected chi connectivity index (χ4v) is 3.47. The molecule has 0 fully saturated rings. The number of hydrogen-bond donors (Lipinski definition) is 1. The fraction of sp³-hybridized carbons (Fsp3) is 0.300. The quantitative estimate of drug-likeness (QED) is 0.204. The molecule has 0 amide bonds. The number of aliphatic hydroxyl groups is 1. The molecule has 0 bridgehead atoms. The van der Waals surface area contributed by atoms with E-state index in [0.717, 1.165) is 30.7 Å². The Labute approximate surface area is 199 Å². The highest BCUT2D eigenvalue weighted by atomic mass is 16.3. The Kier molecular flexibility index (Phi) is 11.1. The van der Waals surface area contributed by atoms with Gasteiger partial charge in [-0.15, -0.1) is 0 Å². The Balaban J connectivity index is 0.000000243. The molecule has 1 heterocycles. The minimum atomic E-state index is -0.245. The van der Waals surface area contributed by atoms with Crippen molar-refractivity contribution >= 4 is 22.3 Å². The summed E-state index contributed by atoms with van der Waals surface area (Å²) in [6, 6.07) is 18.5. The molecule has 1 N–H and O–H groups in total.